The maximum absolute atomic E-state index is 8.52. The molecule has 0 bridgehead atoms. The van der Waals surface area contributed by atoms with E-state index in [4.69, 9.17) is 35.0 Å². The van der Waals surface area contributed by atoms with Gasteiger partial charge in [0.05, 0.1) is 0 Å². The molecule has 0 fully saturated rings. The van der Waals surface area contributed by atoms with Gasteiger partial charge in [0.2, 0.25) is 0 Å². The van der Waals surface area contributed by atoms with Gasteiger partial charge in [-0.25, -0.2) is 0 Å². The van der Waals surface area contributed by atoms with E-state index >= 15 is 0 Å². The van der Waals surface area contributed by atoms with Gasteiger partial charge in [-0.05, 0) is 0 Å². The Labute approximate surface area is 179 Å². The topological polar surface area (TPSA) is 617 Å². The average Bonchev–Trinajstić information content (AvgIpc) is 1.12. The molecule has 0 saturated heterocycles. The van der Waals surface area contributed by atoms with Crippen LogP contribution in [-0.4, -0.2) is 74.3 Å². The van der Waals surface area contributed by atoms with Crippen LogP contribution in [0, 0.1) is 0 Å². The van der Waals surface area contributed by atoms with E-state index in [1.807, 2.05) is 0 Å². The molecule has 0 aromatic rings. The van der Waals surface area contributed by atoms with Gasteiger partial charge in [-0.3, -0.25) is 16.8 Å². The third-order valence-electron chi connectivity index (χ3n) is 0. The van der Waals surface area contributed by atoms with Gasteiger partial charge in [-0.15, -0.1) is 0 Å². The van der Waals surface area contributed by atoms with E-state index in [1.165, 1.54) is 0 Å². The minimum Gasteiger partial charge on any atom is -1.00 e. The molecule has 0 saturated carbocycles. The minimum atomic E-state index is -5.17. The third kappa shape index (κ3) is 58500. The van der Waals surface area contributed by atoms with Gasteiger partial charge in [-0.2, -0.15) is 0 Å². The molecule has 0 unspecified atom stereocenters. The monoisotopic (exact) mass is 579 g/mol. The predicted molar refractivity (Wildman–Crippen MR) is 89.9 cm³/mol. The summed E-state index contributed by atoms with van der Waals surface area (Å²) in [6.45, 7) is 0. The van der Waals surface area contributed by atoms with E-state index in [9.17, 15) is 0 Å². The fourth-order valence-corrected chi connectivity index (χ4v) is 0. The summed E-state index contributed by atoms with van der Waals surface area (Å²) in [7, 11) is -10.3. The molecule has 0 spiro atoms. The second-order valence-electron chi connectivity index (χ2n) is 0.816. The van der Waals surface area contributed by atoms with Crippen LogP contribution in [-0.2, 0) is 92.6 Å². The molecule has 0 aromatic carbocycles. The van der Waals surface area contributed by atoms with Crippen molar-refractivity contribution in [3.63, 3.8) is 0 Å². The maximum Gasteiger partial charge on any atom is 3.00 e. The number of hydrogen-bond acceptors (Lipinski definition) is 8. The van der Waals surface area contributed by atoms with Crippen LogP contribution in [0.15, 0.2) is 0 Å². The Morgan fingerprint density at radius 3 is 0.407 bits per heavy atom. The summed E-state index contributed by atoms with van der Waals surface area (Å²) < 4.78 is 68.2. The van der Waals surface area contributed by atoms with Gasteiger partial charge in [0.15, 0.2) is 0 Å². The average molecular weight is 580 g/mol. The molecule has 1 radical (unpaired) electrons. The summed E-state index contributed by atoms with van der Waals surface area (Å²) >= 11 is 0. The standard InChI is InChI=1S/Al.ClH.Cu.2H2O4S.14H2O/c;;;2*1-5(2,3)4;;;;;;;;;;;;;;/h;1H;;2*(H2,1,2,3,4);14*1H2/q+3;;+2;;;;;;;;;;;;;;;;/p+5. The van der Waals surface area contributed by atoms with Gasteiger partial charge >= 0.3 is 34.4 Å². The number of halogens is 1. The molecule has 0 rings (SSSR count). The SMILES string of the molecule is O.O.O.O.O=S(=O)([O-])[O-].O=S(=O)([O-])[O-].[Al+3].[Cl-].[Cu+2].[OH3+].[OH3+].[OH3+].[OH3+].[OH3+].[OH3+].[OH3+].[OH3+].[OH3+].[OH3+]. The molecular weight excluding hydrogens is 542 g/mol. The van der Waals surface area contributed by atoms with Gasteiger partial charge in [0.1, 0.15) is 0 Å². The van der Waals surface area contributed by atoms with Crippen molar-refractivity contribution < 1.29 is 141 Å². The van der Waals surface area contributed by atoms with E-state index in [2.05, 4.69) is 0 Å². The summed E-state index contributed by atoms with van der Waals surface area (Å²) in [6, 6.07) is 0. The second-order valence-corrected chi connectivity index (χ2v) is 2.45. The maximum atomic E-state index is 8.52. The van der Waals surface area contributed by atoms with Crippen molar-refractivity contribution in [2.45, 2.75) is 0 Å². The Morgan fingerprint density at radius 1 is 0.407 bits per heavy atom. The van der Waals surface area contributed by atoms with Crippen molar-refractivity contribution in [2.75, 3.05) is 0 Å². The Hall–Kier alpha value is 0.522. The van der Waals surface area contributed by atoms with Crippen molar-refractivity contribution in [3.8, 4) is 0 Å². The predicted octanol–water partition coefficient (Wildman–Crippen LogP) is -18.6. The van der Waals surface area contributed by atoms with Gasteiger partial charge < -0.3 is 107 Å². The van der Waals surface area contributed by atoms with E-state index in [0.29, 0.717) is 0 Å². The fourth-order valence-electron chi connectivity index (χ4n) is 0. The third-order valence-corrected chi connectivity index (χ3v) is 0. The first kappa shape index (κ1) is 267. The zero-order chi connectivity index (χ0) is 9.00. The van der Waals surface area contributed by atoms with E-state index < -0.39 is 20.8 Å². The number of hydrogen-bond donors (Lipinski definition) is 0. The number of rotatable bonds is 0. The molecule has 0 aliphatic heterocycles. The van der Waals surface area contributed by atoms with Crippen molar-refractivity contribution in [2.24, 2.45) is 0 Å². The van der Waals surface area contributed by atoms with Gasteiger partial charge in [0.25, 0.3) is 0 Å². The molecular formula is H38AlClCuO22S2+10. The van der Waals surface area contributed by atoms with Gasteiger partial charge in [-0.1, -0.05) is 0 Å². The Morgan fingerprint density at radius 2 is 0.407 bits per heavy atom. The smallest absolute Gasteiger partial charge is 1.00 e. The van der Waals surface area contributed by atoms with Crippen molar-refractivity contribution in [1.82, 2.24) is 0 Å². The molecule has 0 aromatic heterocycles. The summed E-state index contributed by atoms with van der Waals surface area (Å²) in [6.07, 6.45) is 0. The summed E-state index contributed by atoms with van der Waals surface area (Å²) in [5.41, 5.74) is 0. The van der Waals surface area contributed by atoms with Crippen LogP contribution >= 0.6 is 0 Å². The first-order valence-electron chi connectivity index (χ1n) is 1.33. The molecule has 27 heteroatoms. The quantitative estimate of drug-likeness (QED) is 0.114. The van der Waals surface area contributed by atoms with Crippen molar-refractivity contribution >= 4 is 38.2 Å². The summed E-state index contributed by atoms with van der Waals surface area (Å²) in [4.78, 5) is 0. The molecule has 0 heterocycles. The van der Waals surface area contributed by atoms with E-state index in [-0.39, 0.29) is 124 Å². The Balaban J connectivity index is -0.00000000171. The van der Waals surface area contributed by atoms with Crippen LogP contribution in [0.2, 0.25) is 0 Å². The zero-order valence-electron chi connectivity index (χ0n) is 13.1. The summed E-state index contributed by atoms with van der Waals surface area (Å²) in [5, 5.41) is 0. The molecule has 38 N–H and O–H groups in total. The van der Waals surface area contributed by atoms with E-state index in [1.54, 1.807) is 0 Å². The Kier molecular flexibility index (Phi) is 1090. The zero-order valence-corrected chi connectivity index (χ0v) is 17.6. The molecule has 193 valence electrons. The van der Waals surface area contributed by atoms with Crippen molar-refractivity contribution in [3.05, 3.63) is 0 Å². The van der Waals surface area contributed by atoms with Crippen LogP contribution in [0.5, 0.6) is 0 Å². The Bertz CT molecular complexity index is 225. The molecule has 0 atom stereocenters. The van der Waals surface area contributed by atoms with Crippen LogP contribution < -0.4 is 12.4 Å². The molecule has 27 heavy (non-hydrogen) atoms. The molecule has 0 amide bonds. The largest absolute Gasteiger partial charge is 3.00 e. The second kappa shape index (κ2) is 110. The first-order valence-corrected chi connectivity index (χ1v) is 4.00. The minimum absolute atomic E-state index is 0. The van der Waals surface area contributed by atoms with E-state index in [0.717, 1.165) is 0 Å². The van der Waals surface area contributed by atoms with Gasteiger partial charge in [0, 0.05) is 20.8 Å². The first-order chi connectivity index (χ1) is 4.00. The normalized spacial score (nSPS) is 4.30. The molecule has 0 aliphatic carbocycles. The van der Waals surface area contributed by atoms with Crippen LogP contribution in [0.4, 0.5) is 0 Å². The molecule has 22 nitrogen and oxygen atoms in total. The van der Waals surface area contributed by atoms with Crippen molar-refractivity contribution in [1.29, 1.82) is 0 Å². The summed E-state index contributed by atoms with van der Waals surface area (Å²) in [5.74, 6) is 0. The van der Waals surface area contributed by atoms with Crippen LogP contribution in [0.3, 0.4) is 0 Å². The van der Waals surface area contributed by atoms with Crippen LogP contribution in [0.1, 0.15) is 0 Å². The van der Waals surface area contributed by atoms with Crippen LogP contribution in [0.25, 0.3) is 0 Å². The molecule has 0 aliphatic rings. The fraction of sp³-hybridized carbons (Fsp3) is 0.